The average molecular weight is 479 g/mol. The van der Waals surface area contributed by atoms with Crippen LogP contribution in [0.25, 0.3) is 0 Å². The van der Waals surface area contributed by atoms with Crippen molar-refractivity contribution in [3.63, 3.8) is 0 Å². The minimum atomic E-state index is -0.792. The number of carbonyl (C=O) groups is 3. The fourth-order valence-corrected chi connectivity index (χ4v) is 3.98. The van der Waals surface area contributed by atoms with Crippen LogP contribution in [-0.4, -0.2) is 54.5 Å². The molecule has 0 radical (unpaired) electrons. The van der Waals surface area contributed by atoms with Gasteiger partial charge in [-0.2, -0.15) is 5.26 Å². The van der Waals surface area contributed by atoms with E-state index in [2.05, 4.69) is 11.4 Å². The Kier molecular flexibility index (Phi) is 9.21. The second-order valence-electron chi connectivity index (χ2n) is 8.27. The molecule has 0 bridgehead atoms. The third-order valence-electron chi connectivity index (χ3n) is 5.72. The van der Waals surface area contributed by atoms with Crippen LogP contribution >= 0.6 is 0 Å². The molecule has 1 fully saturated rings. The lowest BCUT2D eigenvalue weighted by atomic mass is 10.0. The maximum atomic E-state index is 13.0. The molecule has 0 spiro atoms. The van der Waals surface area contributed by atoms with E-state index < -0.39 is 18.1 Å². The SMILES string of the molecule is CCOC(=O)COc1ccc(CNC(=O)[C@@H]2CCCN2C(=O)[C@@H](N)Cc2cccc(C#N)c2)cc1. The van der Waals surface area contributed by atoms with E-state index in [0.717, 1.165) is 17.5 Å². The van der Waals surface area contributed by atoms with Gasteiger partial charge in [0.1, 0.15) is 11.8 Å². The number of hydrogen-bond acceptors (Lipinski definition) is 7. The summed E-state index contributed by atoms with van der Waals surface area (Å²) in [5.41, 5.74) is 8.35. The van der Waals surface area contributed by atoms with Crippen LogP contribution in [0.1, 0.15) is 36.5 Å². The summed E-state index contributed by atoms with van der Waals surface area (Å²) in [6, 6.07) is 14.7. The molecule has 0 saturated carbocycles. The van der Waals surface area contributed by atoms with Crippen LogP contribution in [0.5, 0.6) is 5.75 Å². The number of nitriles is 1. The van der Waals surface area contributed by atoms with Crippen molar-refractivity contribution >= 4 is 17.8 Å². The van der Waals surface area contributed by atoms with Crippen LogP contribution in [0.2, 0.25) is 0 Å². The molecule has 2 aromatic carbocycles. The van der Waals surface area contributed by atoms with Crippen LogP contribution in [0.4, 0.5) is 0 Å². The first kappa shape index (κ1) is 25.7. The lowest BCUT2D eigenvalue weighted by Gasteiger charge is -2.27. The number of carbonyl (C=O) groups excluding carboxylic acids is 3. The van der Waals surface area contributed by atoms with Gasteiger partial charge < -0.3 is 25.4 Å². The molecular weight excluding hydrogens is 448 g/mol. The summed E-state index contributed by atoms with van der Waals surface area (Å²) in [7, 11) is 0. The van der Waals surface area contributed by atoms with Crippen molar-refractivity contribution in [1.82, 2.24) is 10.2 Å². The first-order chi connectivity index (χ1) is 16.9. The lowest BCUT2D eigenvalue weighted by Crippen LogP contribution is -2.51. The van der Waals surface area contributed by atoms with E-state index in [9.17, 15) is 14.4 Å². The van der Waals surface area contributed by atoms with Gasteiger partial charge in [-0.15, -0.1) is 0 Å². The number of likely N-dealkylation sites (tertiary alicyclic amines) is 1. The molecule has 2 atom stereocenters. The predicted octanol–water partition coefficient (Wildman–Crippen LogP) is 1.68. The number of ether oxygens (including phenoxy) is 2. The monoisotopic (exact) mass is 478 g/mol. The Bertz CT molecular complexity index is 1080. The van der Waals surface area contributed by atoms with E-state index in [1.165, 1.54) is 0 Å². The lowest BCUT2D eigenvalue weighted by molar-refractivity contribution is -0.145. The number of nitrogens with one attached hydrogen (secondary N) is 1. The van der Waals surface area contributed by atoms with Gasteiger partial charge in [-0.3, -0.25) is 9.59 Å². The Morgan fingerprint density at radius 2 is 1.97 bits per heavy atom. The fraction of sp³-hybridized carbons (Fsp3) is 0.385. The Morgan fingerprint density at radius 3 is 2.69 bits per heavy atom. The smallest absolute Gasteiger partial charge is 0.344 e. The highest BCUT2D eigenvalue weighted by atomic mass is 16.6. The topological polar surface area (TPSA) is 135 Å². The molecule has 1 aliphatic rings. The van der Waals surface area contributed by atoms with Crippen LogP contribution in [0, 0.1) is 11.3 Å². The minimum Gasteiger partial charge on any atom is -0.482 e. The van der Waals surface area contributed by atoms with E-state index in [1.807, 2.05) is 6.07 Å². The molecule has 1 saturated heterocycles. The zero-order valence-corrected chi connectivity index (χ0v) is 19.7. The standard InChI is InChI=1S/C26H30N4O5/c1-2-34-24(31)17-35-21-10-8-18(9-11-21)16-29-25(32)23-7-4-12-30(23)26(33)22(28)14-19-5-3-6-20(13-19)15-27/h3,5-6,8-11,13,22-23H,2,4,7,12,14,16-17,28H2,1H3,(H,29,32)/t22-,23-/m0/s1. The molecule has 0 aromatic heterocycles. The van der Waals surface area contributed by atoms with Gasteiger partial charge in [0.15, 0.2) is 6.61 Å². The highest BCUT2D eigenvalue weighted by Crippen LogP contribution is 2.20. The molecule has 9 heteroatoms. The van der Waals surface area contributed by atoms with E-state index in [1.54, 1.807) is 54.3 Å². The van der Waals surface area contributed by atoms with Gasteiger partial charge in [0, 0.05) is 13.1 Å². The average Bonchev–Trinajstić information content (AvgIpc) is 3.36. The molecule has 3 rings (SSSR count). The first-order valence-electron chi connectivity index (χ1n) is 11.6. The van der Waals surface area contributed by atoms with E-state index in [4.69, 9.17) is 20.5 Å². The van der Waals surface area contributed by atoms with Gasteiger partial charge in [-0.25, -0.2) is 4.79 Å². The first-order valence-corrected chi connectivity index (χ1v) is 11.6. The molecule has 0 unspecified atom stereocenters. The van der Waals surface area contributed by atoms with E-state index in [-0.39, 0.29) is 18.4 Å². The maximum absolute atomic E-state index is 13.0. The van der Waals surface area contributed by atoms with Crippen molar-refractivity contribution in [3.8, 4) is 11.8 Å². The molecule has 1 heterocycles. The Balaban J connectivity index is 1.51. The minimum absolute atomic E-state index is 0.165. The molecule has 3 N–H and O–H groups in total. The molecule has 35 heavy (non-hydrogen) atoms. The summed E-state index contributed by atoms with van der Waals surface area (Å²) in [4.78, 5) is 38.8. The van der Waals surface area contributed by atoms with Gasteiger partial charge in [-0.1, -0.05) is 24.3 Å². The summed E-state index contributed by atoms with van der Waals surface area (Å²) in [5.74, 6) is -0.407. The van der Waals surface area contributed by atoms with Crippen LogP contribution in [0.3, 0.4) is 0 Å². The van der Waals surface area contributed by atoms with Gasteiger partial charge in [0.25, 0.3) is 0 Å². The Morgan fingerprint density at radius 1 is 1.20 bits per heavy atom. The summed E-state index contributed by atoms with van der Waals surface area (Å²) in [6.07, 6.45) is 1.60. The number of esters is 1. The molecule has 1 aliphatic heterocycles. The summed E-state index contributed by atoms with van der Waals surface area (Å²) >= 11 is 0. The number of nitrogens with zero attached hydrogens (tertiary/aromatic N) is 2. The maximum Gasteiger partial charge on any atom is 0.344 e. The second-order valence-corrected chi connectivity index (χ2v) is 8.27. The molecular formula is C26H30N4O5. The summed E-state index contributed by atoms with van der Waals surface area (Å²) < 4.78 is 10.2. The number of amides is 2. The zero-order valence-electron chi connectivity index (χ0n) is 19.7. The van der Waals surface area contributed by atoms with Crippen molar-refractivity contribution in [2.24, 2.45) is 5.73 Å². The largest absolute Gasteiger partial charge is 0.482 e. The highest BCUT2D eigenvalue weighted by molar-refractivity contribution is 5.90. The van der Waals surface area contributed by atoms with Crippen molar-refractivity contribution in [2.75, 3.05) is 19.8 Å². The van der Waals surface area contributed by atoms with Crippen molar-refractivity contribution in [1.29, 1.82) is 5.26 Å². The zero-order chi connectivity index (χ0) is 25.2. The second kappa shape index (κ2) is 12.5. The van der Waals surface area contributed by atoms with Gasteiger partial charge in [0.05, 0.1) is 24.3 Å². The third-order valence-corrected chi connectivity index (χ3v) is 5.72. The quantitative estimate of drug-likeness (QED) is 0.496. The van der Waals surface area contributed by atoms with Crippen LogP contribution in [0.15, 0.2) is 48.5 Å². The van der Waals surface area contributed by atoms with Crippen molar-refractivity contribution in [2.45, 2.75) is 44.8 Å². The highest BCUT2D eigenvalue weighted by Gasteiger charge is 2.36. The summed E-state index contributed by atoms with van der Waals surface area (Å²) in [6.45, 7) is 2.64. The van der Waals surface area contributed by atoms with Gasteiger partial charge in [0.2, 0.25) is 11.8 Å². The van der Waals surface area contributed by atoms with Gasteiger partial charge >= 0.3 is 5.97 Å². The number of nitrogens with two attached hydrogens (primary N) is 1. The molecule has 9 nitrogen and oxygen atoms in total. The Labute approximate surface area is 204 Å². The third kappa shape index (κ3) is 7.29. The van der Waals surface area contributed by atoms with E-state index >= 15 is 0 Å². The van der Waals surface area contributed by atoms with Crippen LogP contribution < -0.4 is 15.8 Å². The van der Waals surface area contributed by atoms with E-state index in [0.29, 0.717) is 43.9 Å². The fourth-order valence-electron chi connectivity index (χ4n) is 3.98. The molecule has 184 valence electrons. The molecule has 0 aliphatic carbocycles. The predicted molar refractivity (Wildman–Crippen MR) is 128 cm³/mol. The normalized spacial score (nSPS) is 15.7. The number of benzene rings is 2. The molecule has 2 aromatic rings. The number of rotatable bonds is 10. The van der Waals surface area contributed by atoms with Crippen molar-refractivity contribution < 1.29 is 23.9 Å². The molecule has 2 amide bonds. The Hall–Kier alpha value is -3.90. The summed E-state index contributed by atoms with van der Waals surface area (Å²) in [5, 5.41) is 11.9. The number of hydrogen-bond donors (Lipinski definition) is 2. The van der Waals surface area contributed by atoms with Crippen molar-refractivity contribution in [3.05, 3.63) is 65.2 Å². The van der Waals surface area contributed by atoms with Crippen LogP contribution in [-0.2, 0) is 32.1 Å². The van der Waals surface area contributed by atoms with Gasteiger partial charge in [-0.05, 0) is 61.6 Å².